The maximum absolute atomic E-state index is 11.2. The molecular weight excluding hydrogens is 396 g/mol. The van der Waals surface area contributed by atoms with Crippen molar-refractivity contribution in [2.24, 2.45) is 0 Å². The van der Waals surface area contributed by atoms with Crippen LogP contribution in [-0.4, -0.2) is 13.1 Å². The maximum atomic E-state index is 11.2. The number of nitrogen functional groups attached to an aromatic ring is 1. The predicted octanol–water partition coefficient (Wildman–Crippen LogP) is 2.26. The Bertz CT molecular complexity index is 352. The average Bonchev–Trinajstić information content (AvgIpc) is 2.13. The lowest BCUT2D eigenvalue weighted by atomic mass is 10.2. The number of carbonyl (C=O) groups is 1. The molecule has 3 nitrogen and oxygen atoms in total. The highest BCUT2D eigenvalue weighted by molar-refractivity contribution is 14.1. The molecule has 0 bridgehead atoms. The van der Waals surface area contributed by atoms with Gasteiger partial charge < -0.3 is 10.5 Å². The molecule has 1 aromatic carbocycles. The molecule has 0 unspecified atom stereocenters. The number of nitrogens with two attached hydrogens (primary N) is 1. The molecule has 0 aliphatic rings. The van der Waals surface area contributed by atoms with Crippen molar-refractivity contribution in [3.05, 3.63) is 24.8 Å². The van der Waals surface area contributed by atoms with Crippen molar-refractivity contribution in [1.29, 1.82) is 0 Å². The number of methoxy groups -OCH3 is 1. The van der Waals surface area contributed by atoms with Gasteiger partial charge >= 0.3 is 5.97 Å². The van der Waals surface area contributed by atoms with E-state index in [0.29, 0.717) is 11.3 Å². The first kappa shape index (κ1) is 11.0. The van der Waals surface area contributed by atoms with Gasteiger partial charge in [-0.2, -0.15) is 0 Å². The number of esters is 1. The van der Waals surface area contributed by atoms with Crippen molar-refractivity contribution in [2.75, 3.05) is 12.8 Å². The Morgan fingerprint density at radius 1 is 1.38 bits per heavy atom. The molecule has 5 heteroatoms. The lowest BCUT2D eigenvalue weighted by Gasteiger charge is -2.06. The van der Waals surface area contributed by atoms with Crippen molar-refractivity contribution in [3.8, 4) is 0 Å². The second kappa shape index (κ2) is 4.45. The molecule has 2 N–H and O–H groups in total. The highest BCUT2D eigenvalue weighted by Gasteiger charge is 2.13. The lowest BCUT2D eigenvalue weighted by Crippen LogP contribution is -2.06. The monoisotopic (exact) mass is 403 g/mol. The van der Waals surface area contributed by atoms with Crippen LogP contribution in [0.4, 0.5) is 5.69 Å². The Labute approximate surface area is 103 Å². The topological polar surface area (TPSA) is 52.3 Å². The normalized spacial score (nSPS) is 9.77. The molecular formula is C8H7I2NO2. The van der Waals surface area contributed by atoms with E-state index in [2.05, 4.69) is 49.9 Å². The lowest BCUT2D eigenvalue weighted by molar-refractivity contribution is 0.0599. The van der Waals surface area contributed by atoms with Crippen LogP contribution in [0.15, 0.2) is 12.1 Å². The van der Waals surface area contributed by atoms with Crippen LogP contribution in [0.2, 0.25) is 0 Å². The van der Waals surface area contributed by atoms with Gasteiger partial charge in [-0.15, -0.1) is 0 Å². The van der Waals surface area contributed by atoms with E-state index in [0.717, 1.165) is 7.14 Å². The molecule has 0 aliphatic carbocycles. The minimum atomic E-state index is -0.331. The molecule has 0 aromatic heterocycles. The van der Waals surface area contributed by atoms with E-state index in [9.17, 15) is 4.79 Å². The molecule has 1 rings (SSSR count). The minimum Gasteiger partial charge on any atom is -0.465 e. The summed E-state index contributed by atoms with van der Waals surface area (Å²) in [7, 11) is 1.36. The van der Waals surface area contributed by atoms with E-state index in [-0.39, 0.29) is 5.97 Å². The van der Waals surface area contributed by atoms with Crippen molar-refractivity contribution in [1.82, 2.24) is 0 Å². The molecule has 0 fully saturated rings. The van der Waals surface area contributed by atoms with Crippen LogP contribution in [0, 0.1) is 7.14 Å². The summed E-state index contributed by atoms with van der Waals surface area (Å²) in [6, 6.07) is 3.38. The van der Waals surface area contributed by atoms with E-state index in [1.165, 1.54) is 7.11 Å². The fourth-order valence-corrected chi connectivity index (χ4v) is 2.01. The summed E-state index contributed by atoms with van der Waals surface area (Å²) >= 11 is 4.18. The number of halogens is 2. The van der Waals surface area contributed by atoms with E-state index in [4.69, 9.17) is 5.73 Å². The van der Waals surface area contributed by atoms with Crippen molar-refractivity contribution >= 4 is 56.8 Å². The zero-order valence-electron chi connectivity index (χ0n) is 6.80. The smallest absolute Gasteiger partial charge is 0.338 e. The molecule has 0 spiro atoms. The molecule has 70 valence electrons. The molecule has 0 saturated carbocycles. The molecule has 1 aromatic rings. The molecule has 0 saturated heterocycles. The van der Waals surface area contributed by atoms with Crippen LogP contribution >= 0.6 is 45.2 Å². The van der Waals surface area contributed by atoms with Crippen molar-refractivity contribution in [3.63, 3.8) is 0 Å². The van der Waals surface area contributed by atoms with Gasteiger partial charge in [0.15, 0.2) is 0 Å². The molecule has 0 aliphatic heterocycles. The zero-order chi connectivity index (χ0) is 10.0. The van der Waals surface area contributed by atoms with Gasteiger partial charge in [0.2, 0.25) is 0 Å². The quantitative estimate of drug-likeness (QED) is 0.445. The third kappa shape index (κ3) is 2.25. The van der Waals surface area contributed by atoms with Crippen LogP contribution in [0.1, 0.15) is 10.4 Å². The Kier molecular flexibility index (Phi) is 3.77. The third-order valence-electron chi connectivity index (χ3n) is 1.52. The second-order valence-corrected chi connectivity index (χ2v) is 4.48. The number of benzene rings is 1. The van der Waals surface area contributed by atoms with Crippen LogP contribution in [0.3, 0.4) is 0 Å². The second-order valence-electron chi connectivity index (χ2n) is 2.32. The molecule has 13 heavy (non-hydrogen) atoms. The Morgan fingerprint density at radius 3 is 2.54 bits per heavy atom. The first-order valence-electron chi connectivity index (χ1n) is 3.39. The summed E-state index contributed by atoms with van der Waals surface area (Å²) in [5, 5.41) is 0. The third-order valence-corrected chi connectivity index (χ3v) is 4.83. The summed E-state index contributed by atoms with van der Waals surface area (Å²) in [4.78, 5) is 11.2. The van der Waals surface area contributed by atoms with Gasteiger partial charge in [0.1, 0.15) is 0 Å². The predicted molar refractivity (Wildman–Crippen MR) is 67.6 cm³/mol. The van der Waals surface area contributed by atoms with Gasteiger partial charge in [0, 0.05) is 9.26 Å². The average molecular weight is 403 g/mol. The SMILES string of the molecule is COC(=O)c1ccc(N)c(I)c1I. The summed E-state index contributed by atoms with van der Waals surface area (Å²) in [6.45, 7) is 0. The summed E-state index contributed by atoms with van der Waals surface area (Å²) < 4.78 is 6.35. The summed E-state index contributed by atoms with van der Waals surface area (Å²) in [5.74, 6) is -0.331. The first-order chi connectivity index (χ1) is 6.07. The van der Waals surface area contributed by atoms with Gasteiger partial charge in [-0.1, -0.05) is 0 Å². The zero-order valence-corrected chi connectivity index (χ0v) is 11.1. The van der Waals surface area contributed by atoms with Gasteiger partial charge in [-0.25, -0.2) is 4.79 Å². The molecule has 0 radical (unpaired) electrons. The van der Waals surface area contributed by atoms with E-state index in [1.807, 2.05) is 0 Å². The Balaban J connectivity index is 3.26. The van der Waals surface area contributed by atoms with Crippen LogP contribution in [-0.2, 0) is 4.74 Å². The van der Waals surface area contributed by atoms with Crippen LogP contribution in [0.25, 0.3) is 0 Å². The number of carbonyl (C=O) groups excluding carboxylic acids is 1. The van der Waals surface area contributed by atoms with Gasteiger partial charge in [0.05, 0.1) is 16.2 Å². The summed E-state index contributed by atoms with van der Waals surface area (Å²) in [5.41, 5.74) is 6.90. The molecule has 0 heterocycles. The Hall–Kier alpha value is -0.0500. The number of rotatable bonds is 1. The standard InChI is InChI=1S/C8H7I2NO2/c1-13-8(12)4-2-3-5(11)7(10)6(4)9/h2-3H,11H2,1H3. The highest BCUT2D eigenvalue weighted by atomic mass is 127. The van der Waals surface area contributed by atoms with Crippen molar-refractivity contribution in [2.45, 2.75) is 0 Å². The van der Waals surface area contributed by atoms with E-state index < -0.39 is 0 Å². The largest absolute Gasteiger partial charge is 0.465 e. The number of hydrogen-bond acceptors (Lipinski definition) is 3. The first-order valence-corrected chi connectivity index (χ1v) is 5.55. The minimum absolute atomic E-state index is 0.331. The van der Waals surface area contributed by atoms with Crippen LogP contribution < -0.4 is 5.73 Å². The number of hydrogen-bond donors (Lipinski definition) is 1. The summed E-state index contributed by atoms with van der Waals surface area (Å²) in [6.07, 6.45) is 0. The number of anilines is 1. The Morgan fingerprint density at radius 2 is 2.00 bits per heavy atom. The van der Waals surface area contributed by atoms with Gasteiger partial charge in [0.25, 0.3) is 0 Å². The number of ether oxygens (including phenoxy) is 1. The highest BCUT2D eigenvalue weighted by Crippen LogP contribution is 2.25. The van der Waals surface area contributed by atoms with Gasteiger partial charge in [-0.05, 0) is 57.3 Å². The van der Waals surface area contributed by atoms with Crippen LogP contribution in [0.5, 0.6) is 0 Å². The molecule has 0 amide bonds. The van der Waals surface area contributed by atoms with Crippen molar-refractivity contribution < 1.29 is 9.53 Å². The van der Waals surface area contributed by atoms with Gasteiger partial charge in [-0.3, -0.25) is 0 Å². The maximum Gasteiger partial charge on any atom is 0.338 e. The molecule has 0 atom stereocenters. The van der Waals surface area contributed by atoms with E-state index >= 15 is 0 Å². The fraction of sp³-hybridized carbons (Fsp3) is 0.125. The van der Waals surface area contributed by atoms with E-state index in [1.54, 1.807) is 12.1 Å². The fourth-order valence-electron chi connectivity index (χ4n) is 0.832.